The Labute approximate surface area is 171 Å². The Morgan fingerprint density at radius 3 is 2.39 bits per heavy atom. The maximum atomic E-state index is 12.9. The molecule has 1 aliphatic heterocycles. The molecule has 1 atom stereocenters. The molecule has 7 heteroatoms. The van der Waals surface area contributed by atoms with E-state index in [1.54, 1.807) is 6.07 Å². The molecule has 1 amide bonds. The van der Waals surface area contributed by atoms with E-state index in [2.05, 4.69) is 5.32 Å². The van der Waals surface area contributed by atoms with Crippen LogP contribution in [0.2, 0.25) is 5.02 Å². The van der Waals surface area contributed by atoms with Crippen LogP contribution in [0.5, 0.6) is 0 Å². The van der Waals surface area contributed by atoms with Gasteiger partial charge in [0.15, 0.2) is 0 Å². The average molecular weight is 421 g/mol. The summed E-state index contributed by atoms with van der Waals surface area (Å²) in [5.74, 6) is -0.333. The first kappa shape index (κ1) is 20.8. The molecule has 0 saturated carbocycles. The lowest BCUT2D eigenvalue weighted by molar-refractivity contribution is 0.0939. The summed E-state index contributed by atoms with van der Waals surface area (Å²) in [7, 11) is -3.70. The van der Waals surface area contributed by atoms with Crippen molar-refractivity contribution in [2.45, 2.75) is 44.6 Å². The van der Waals surface area contributed by atoms with Gasteiger partial charge >= 0.3 is 0 Å². The minimum absolute atomic E-state index is 0.0115. The van der Waals surface area contributed by atoms with E-state index >= 15 is 0 Å². The van der Waals surface area contributed by atoms with Crippen molar-refractivity contribution in [3.05, 3.63) is 63.7 Å². The highest BCUT2D eigenvalue weighted by molar-refractivity contribution is 7.89. The highest BCUT2D eigenvalue weighted by atomic mass is 35.5. The number of hydrogen-bond acceptors (Lipinski definition) is 3. The monoisotopic (exact) mass is 420 g/mol. The first-order chi connectivity index (χ1) is 13.2. The van der Waals surface area contributed by atoms with Gasteiger partial charge in [0.1, 0.15) is 4.90 Å². The van der Waals surface area contributed by atoms with Crippen LogP contribution in [0, 0.1) is 13.8 Å². The van der Waals surface area contributed by atoms with Crippen molar-refractivity contribution in [3.8, 4) is 0 Å². The molecule has 0 bridgehead atoms. The number of aryl methyl sites for hydroxylation is 2. The van der Waals surface area contributed by atoms with Gasteiger partial charge in [-0.1, -0.05) is 29.8 Å². The number of carbonyl (C=O) groups excluding carboxylic acids is 1. The zero-order chi connectivity index (χ0) is 20.5. The second-order valence-electron chi connectivity index (χ2n) is 7.30. The summed E-state index contributed by atoms with van der Waals surface area (Å²) in [4.78, 5) is 12.7. The van der Waals surface area contributed by atoms with Gasteiger partial charge in [-0.05, 0) is 68.5 Å². The van der Waals surface area contributed by atoms with E-state index in [4.69, 9.17) is 11.6 Å². The maximum absolute atomic E-state index is 12.9. The molecule has 1 heterocycles. The number of benzene rings is 2. The van der Waals surface area contributed by atoms with E-state index in [-0.39, 0.29) is 27.4 Å². The SMILES string of the molecule is Cc1ccc(C(C)NC(=O)c2ccc(Cl)c(S(=O)(=O)N3CCCC3)c2)cc1C. The van der Waals surface area contributed by atoms with E-state index < -0.39 is 10.0 Å². The van der Waals surface area contributed by atoms with Crippen molar-refractivity contribution < 1.29 is 13.2 Å². The summed E-state index contributed by atoms with van der Waals surface area (Å²) in [6.07, 6.45) is 1.68. The van der Waals surface area contributed by atoms with Crippen molar-refractivity contribution in [1.29, 1.82) is 0 Å². The quantitative estimate of drug-likeness (QED) is 0.786. The van der Waals surface area contributed by atoms with E-state index in [0.29, 0.717) is 13.1 Å². The van der Waals surface area contributed by atoms with Crippen LogP contribution in [0.3, 0.4) is 0 Å². The topological polar surface area (TPSA) is 66.5 Å². The third-order valence-corrected chi connectivity index (χ3v) is 7.64. The second kappa shape index (κ2) is 8.23. The van der Waals surface area contributed by atoms with E-state index in [1.165, 1.54) is 22.0 Å². The molecule has 5 nitrogen and oxygen atoms in total. The first-order valence-electron chi connectivity index (χ1n) is 9.38. The van der Waals surface area contributed by atoms with Gasteiger partial charge in [0.2, 0.25) is 10.0 Å². The Hall–Kier alpha value is -1.89. The van der Waals surface area contributed by atoms with Crippen LogP contribution in [-0.2, 0) is 10.0 Å². The smallest absolute Gasteiger partial charge is 0.251 e. The number of carbonyl (C=O) groups is 1. The Kier molecular flexibility index (Phi) is 6.12. The van der Waals surface area contributed by atoms with Gasteiger partial charge in [0.25, 0.3) is 5.91 Å². The second-order valence-corrected chi connectivity index (χ2v) is 9.61. The molecule has 0 aromatic heterocycles. The zero-order valence-electron chi connectivity index (χ0n) is 16.3. The summed E-state index contributed by atoms with van der Waals surface area (Å²) in [6, 6.07) is 10.2. The molecule has 2 aromatic rings. The standard InChI is InChI=1S/C21H25ClN2O3S/c1-14-6-7-17(12-15(14)2)16(3)23-21(25)18-8-9-19(22)20(13-18)28(26,27)24-10-4-5-11-24/h6-9,12-13,16H,4-5,10-11H2,1-3H3,(H,23,25). The van der Waals surface area contributed by atoms with Gasteiger partial charge in [0.05, 0.1) is 11.1 Å². The normalized spacial score (nSPS) is 16.1. The summed E-state index contributed by atoms with van der Waals surface area (Å²) >= 11 is 6.16. The van der Waals surface area contributed by atoms with Crippen molar-refractivity contribution in [3.63, 3.8) is 0 Å². The van der Waals surface area contributed by atoms with Gasteiger partial charge in [-0.25, -0.2) is 8.42 Å². The fraction of sp³-hybridized carbons (Fsp3) is 0.381. The molecule has 150 valence electrons. The molecular weight excluding hydrogens is 396 g/mol. The molecule has 1 saturated heterocycles. The Morgan fingerprint density at radius 1 is 1.07 bits per heavy atom. The van der Waals surface area contributed by atoms with Gasteiger partial charge < -0.3 is 5.32 Å². The molecular formula is C21H25ClN2O3S. The lowest BCUT2D eigenvalue weighted by Crippen LogP contribution is -2.29. The summed E-state index contributed by atoms with van der Waals surface area (Å²) in [6.45, 7) is 6.94. The highest BCUT2D eigenvalue weighted by Gasteiger charge is 2.29. The first-order valence-corrected chi connectivity index (χ1v) is 11.2. The minimum atomic E-state index is -3.70. The van der Waals surface area contributed by atoms with E-state index in [9.17, 15) is 13.2 Å². The third-order valence-electron chi connectivity index (χ3n) is 5.25. The van der Waals surface area contributed by atoms with Crippen molar-refractivity contribution in [2.24, 2.45) is 0 Å². The predicted octanol–water partition coefficient (Wildman–Crippen LogP) is 4.23. The summed E-state index contributed by atoms with van der Waals surface area (Å²) in [5, 5.41) is 3.07. The van der Waals surface area contributed by atoms with Crippen LogP contribution in [-0.4, -0.2) is 31.7 Å². The Bertz CT molecular complexity index is 999. The van der Waals surface area contributed by atoms with Crippen LogP contribution >= 0.6 is 11.6 Å². The van der Waals surface area contributed by atoms with Crippen LogP contribution in [0.15, 0.2) is 41.3 Å². The van der Waals surface area contributed by atoms with E-state index in [1.807, 2.05) is 39.0 Å². The number of rotatable bonds is 5. The van der Waals surface area contributed by atoms with Crippen LogP contribution in [0.1, 0.15) is 52.9 Å². The van der Waals surface area contributed by atoms with Gasteiger partial charge in [0, 0.05) is 18.7 Å². The lowest BCUT2D eigenvalue weighted by atomic mass is 10.0. The van der Waals surface area contributed by atoms with Gasteiger partial charge in [-0.2, -0.15) is 4.31 Å². The highest BCUT2D eigenvalue weighted by Crippen LogP contribution is 2.28. The number of amides is 1. The molecule has 1 fully saturated rings. The number of nitrogens with one attached hydrogen (secondary N) is 1. The van der Waals surface area contributed by atoms with Crippen LogP contribution in [0.4, 0.5) is 0 Å². The van der Waals surface area contributed by atoms with Crippen LogP contribution < -0.4 is 5.32 Å². The lowest BCUT2D eigenvalue weighted by Gasteiger charge is -2.18. The molecule has 28 heavy (non-hydrogen) atoms. The fourth-order valence-corrected chi connectivity index (χ4v) is 5.32. The Morgan fingerprint density at radius 2 is 1.75 bits per heavy atom. The number of halogens is 1. The number of sulfonamides is 1. The molecule has 1 unspecified atom stereocenters. The molecule has 2 aromatic carbocycles. The van der Waals surface area contributed by atoms with Gasteiger partial charge in [-0.15, -0.1) is 0 Å². The predicted molar refractivity (Wildman–Crippen MR) is 111 cm³/mol. The number of nitrogens with zero attached hydrogens (tertiary/aromatic N) is 1. The third kappa shape index (κ3) is 4.24. The van der Waals surface area contributed by atoms with Gasteiger partial charge in [-0.3, -0.25) is 4.79 Å². The molecule has 0 radical (unpaired) electrons. The average Bonchev–Trinajstić information content (AvgIpc) is 3.19. The molecule has 0 aliphatic carbocycles. The number of hydrogen-bond donors (Lipinski definition) is 1. The van der Waals surface area contributed by atoms with Crippen molar-refractivity contribution >= 4 is 27.5 Å². The molecule has 3 rings (SSSR count). The van der Waals surface area contributed by atoms with Crippen molar-refractivity contribution in [2.75, 3.05) is 13.1 Å². The zero-order valence-corrected chi connectivity index (χ0v) is 17.9. The Balaban J connectivity index is 1.83. The molecule has 1 aliphatic rings. The largest absolute Gasteiger partial charge is 0.346 e. The summed E-state index contributed by atoms with van der Waals surface area (Å²) in [5.41, 5.74) is 3.62. The molecule has 0 spiro atoms. The van der Waals surface area contributed by atoms with E-state index in [0.717, 1.165) is 24.0 Å². The fourth-order valence-electron chi connectivity index (χ4n) is 3.31. The molecule has 1 N–H and O–H groups in total. The summed E-state index contributed by atoms with van der Waals surface area (Å²) < 4.78 is 27.1. The van der Waals surface area contributed by atoms with Crippen LogP contribution in [0.25, 0.3) is 0 Å². The minimum Gasteiger partial charge on any atom is -0.346 e. The maximum Gasteiger partial charge on any atom is 0.251 e. The van der Waals surface area contributed by atoms with Crippen molar-refractivity contribution in [1.82, 2.24) is 9.62 Å².